The van der Waals surface area contributed by atoms with Crippen LogP contribution in [0.3, 0.4) is 0 Å². The summed E-state index contributed by atoms with van der Waals surface area (Å²) >= 11 is 0. The standard InChI is InChI=1S/C12H13N3O5S/c13-21(18,19)12-5-4-11(20-12)8-14-7-9-2-1-3-10(6-9)15(16)17/h1-6,14H,7-8H2,(H2,13,18,19). The predicted octanol–water partition coefficient (Wildman–Crippen LogP) is 1.12. The van der Waals surface area contributed by atoms with Gasteiger partial charge < -0.3 is 9.73 Å². The van der Waals surface area contributed by atoms with Crippen molar-refractivity contribution in [2.24, 2.45) is 5.14 Å². The Morgan fingerprint density at radius 1 is 1.24 bits per heavy atom. The minimum absolute atomic E-state index is 0.0174. The number of benzene rings is 1. The second-order valence-corrected chi connectivity index (χ2v) is 5.79. The summed E-state index contributed by atoms with van der Waals surface area (Å²) in [6.07, 6.45) is 0. The van der Waals surface area contributed by atoms with Crippen molar-refractivity contribution in [3.8, 4) is 0 Å². The largest absolute Gasteiger partial charge is 0.447 e. The highest BCUT2D eigenvalue weighted by atomic mass is 32.2. The molecule has 1 aromatic heterocycles. The molecule has 0 fully saturated rings. The number of nitrogens with one attached hydrogen (secondary N) is 1. The van der Waals surface area contributed by atoms with Crippen molar-refractivity contribution in [2.75, 3.05) is 0 Å². The van der Waals surface area contributed by atoms with Gasteiger partial charge in [-0.1, -0.05) is 12.1 Å². The van der Waals surface area contributed by atoms with Crippen LogP contribution in [0.25, 0.3) is 0 Å². The molecule has 0 bridgehead atoms. The predicted molar refractivity (Wildman–Crippen MR) is 73.7 cm³/mol. The van der Waals surface area contributed by atoms with Crippen LogP contribution < -0.4 is 10.5 Å². The van der Waals surface area contributed by atoms with Gasteiger partial charge in [-0.05, 0) is 17.7 Å². The van der Waals surface area contributed by atoms with Gasteiger partial charge >= 0.3 is 0 Å². The molecule has 21 heavy (non-hydrogen) atoms. The fourth-order valence-electron chi connectivity index (χ4n) is 1.72. The number of non-ortho nitro benzene ring substituents is 1. The number of rotatable bonds is 6. The molecule has 0 aliphatic rings. The van der Waals surface area contributed by atoms with Crippen molar-refractivity contribution >= 4 is 15.7 Å². The molecule has 2 aromatic rings. The van der Waals surface area contributed by atoms with E-state index >= 15 is 0 Å². The van der Waals surface area contributed by atoms with Crippen LogP contribution in [0.5, 0.6) is 0 Å². The lowest BCUT2D eigenvalue weighted by molar-refractivity contribution is -0.384. The quantitative estimate of drug-likeness (QED) is 0.607. The summed E-state index contributed by atoms with van der Waals surface area (Å²) in [5.41, 5.74) is 0.756. The first kappa shape index (κ1) is 15.2. The highest BCUT2D eigenvalue weighted by Gasteiger charge is 2.13. The van der Waals surface area contributed by atoms with Crippen LogP contribution in [-0.2, 0) is 23.1 Å². The Hall–Kier alpha value is -2.23. The van der Waals surface area contributed by atoms with Gasteiger partial charge in [-0.15, -0.1) is 0 Å². The Bertz CT molecular complexity index is 754. The van der Waals surface area contributed by atoms with E-state index in [4.69, 9.17) is 9.56 Å². The Labute approximate surface area is 120 Å². The number of sulfonamides is 1. The maximum absolute atomic E-state index is 11.0. The maximum Gasteiger partial charge on any atom is 0.271 e. The molecule has 1 aromatic carbocycles. The molecular formula is C12H13N3O5S. The fraction of sp³-hybridized carbons (Fsp3) is 0.167. The third-order valence-electron chi connectivity index (χ3n) is 2.67. The highest BCUT2D eigenvalue weighted by molar-refractivity contribution is 7.89. The van der Waals surface area contributed by atoms with E-state index < -0.39 is 14.9 Å². The van der Waals surface area contributed by atoms with Gasteiger partial charge in [0.15, 0.2) is 0 Å². The topological polar surface area (TPSA) is 128 Å². The third-order valence-corrected chi connectivity index (χ3v) is 3.45. The lowest BCUT2D eigenvalue weighted by Crippen LogP contribution is -2.13. The molecule has 3 N–H and O–H groups in total. The van der Waals surface area contributed by atoms with Crippen LogP contribution in [0.4, 0.5) is 5.69 Å². The Morgan fingerprint density at radius 2 is 2.00 bits per heavy atom. The van der Waals surface area contributed by atoms with Crippen LogP contribution in [0.2, 0.25) is 0 Å². The number of furan rings is 1. The van der Waals surface area contributed by atoms with E-state index in [9.17, 15) is 18.5 Å². The average Bonchev–Trinajstić information content (AvgIpc) is 2.88. The van der Waals surface area contributed by atoms with E-state index in [1.807, 2.05) is 0 Å². The van der Waals surface area contributed by atoms with E-state index in [2.05, 4.69) is 5.32 Å². The number of nitrogens with two attached hydrogens (primary N) is 1. The van der Waals surface area contributed by atoms with Gasteiger partial charge in [-0.25, -0.2) is 13.6 Å². The molecule has 0 unspecified atom stereocenters. The van der Waals surface area contributed by atoms with Crippen molar-refractivity contribution in [3.63, 3.8) is 0 Å². The van der Waals surface area contributed by atoms with E-state index in [0.717, 1.165) is 5.56 Å². The van der Waals surface area contributed by atoms with E-state index in [0.29, 0.717) is 12.3 Å². The second-order valence-electron chi connectivity index (χ2n) is 4.30. The van der Waals surface area contributed by atoms with Gasteiger partial charge in [0, 0.05) is 18.7 Å². The highest BCUT2D eigenvalue weighted by Crippen LogP contribution is 2.14. The van der Waals surface area contributed by atoms with Crippen molar-refractivity contribution in [2.45, 2.75) is 18.2 Å². The minimum Gasteiger partial charge on any atom is -0.447 e. The van der Waals surface area contributed by atoms with Crippen LogP contribution in [0.1, 0.15) is 11.3 Å². The summed E-state index contributed by atoms with van der Waals surface area (Å²) in [5.74, 6) is 0.407. The molecule has 112 valence electrons. The zero-order valence-electron chi connectivity index (χ0n) is 10.9. The number of hydrogen-bond acceptors (Lipinski definition) is 6. The summed E-state index contributed by atoms with van der Waals surface area (Å²) < 4.78 is 27.1. The summed E-state index contributed by atoms with van der Waals surface area (Å²) in [5, 5.41) is 18.3. The molecule has 1 heterocycles. The molecule has 8 nitrogen and oxygen atoms in total. The minimum atomic E-state index is -3.84. The van der Waals surface area contributed by atoms with Gasteiger partial charge in [-0.2, -0.15) is 0 Å². The smallest absolute Gasteiger partial charge is 0.271 e. The molecule has 0 atom stereocenters. The zero-order chi connectivity index (χ0) is 15.5. The molecule has 0 amide bonds. The van der Waals surface area contributed by atoms with Gasteiger partial charge in [0.2, 0.25) is 5.09 Å². The van der Waals surface area contributed by atoms with Gasteiger partial charge in [0.1, 0.15) is 5.76 Å². The number of primary sulfonamides is 1. The first-order valence-electron chi connectivity index (χ1n) is 5.92. The number of nitro benzene ring substituents is 1. The monoisotopic (exact) mass is 311 g/mol. The molecule has 0 spiro atoms. The van der Waals surface area contributed by atoms with Crippen LogP contribution >= 0.6 is 0 Å². The molecule has 0 radical (unpaired) electrons. The zero-order valence-corrected chi connectivity index (χ0v) is 11.7. The average molecular weight is 311 g/mol. The van der Waals surface area contributed by atoms with E-state index in [1.54, 1.807) is 12.1 Å². The van der Waals surface area contributed by atoms with E-state index in [1.165, 1.54) is 24.3 Å². The van der Waals surface area contributed by atoms with Crippen molar-refractivity contribution < 1.29 is 17.8 Å². The molecule has 0 saturated carbocycles. The summed E-state index contributed by atoms with van der Waals surface area (Å²) in [6, 6.07) is 9.00. The van der Waals surface area contributed by atoms with E-state index in [-0.39, 0.29) is 17.3 Å². The number of hydrogen-bond donors (Lipinski definition) is 2. The van der Waals surface area contributed by atoms with Crippen LogP contribution in [-0.4, -0.2) is 13.3 Å². The third kappa shape index (κ3) is 4.12. The summed E-state index contributed by atoms with van der Waals surface area (Å²) in [7, 11) is -3.84. The normalized spacial score (nSPS) is 11.5. The van der Waals surface area contributed by atoms with Crippen molar-refractivity contribution in [1.29, 1.82) is 0 Å². The first-order chi connectivity index (χ1) is 9.86. The lowest BCUT2D eigenvalue weighted by atomic mass is 10.2. The maximum atomic E-state index is 11.0. The molecule has 9 heteroatoms. The Balaban J connectivity index is 1.94. The lowest BCUT2D eigenvalue weighted by Gasteiger charge is -2.03. The molecule has 2 rings (SSSR count). The van der Waals surface area contributed by atoms with Gasteiger partial charge in [-0.3, -0.25) is 10.1 Å². The molecular weight excluding hydrogens is 298 g/mol. The molecule has 0 aliphatic heterocycles. The second kappa shape index (κ2) is 6.04. The Kier molecular flexibility index (Phi) is 4.36. The molecule has 0 saturated heterocycles. The van der Waals surface area contributed by atoms with Gasteiger partial charge in [0.05, 0.1) is 11.5 Å². The van der Waals surface area contributed by atoms with Gasteiger partial charge in [0.25, 0.3) is 15.7 Å². The van der Waals surface area contributed by atoms with Crippen LogP contribution in [0, 0.1) is 10.1 Å². The summed E-state index contributed by atoms with van der Waals surface area (Å²) in [6.45, 7) is 0.658. The first-order valence-corrected chi connectivity index (χ1v) is 7.46. The number of nitrogens with zero attached hydrogens (tertiary/aromatic N) is 1. The SMILES string of the molecule is NS(=O)(=O)c1ccc(CNCc2cccc([N+](=O)[O-])c2)o1. The van der Waals surface area contributed by atoms with Crippen LogP contribution in [0.15, 0.2) is 45.9 Å². The van der Waals surface area contributed by atoms with Crippen molar-refractivity contribution in [1.82, 2.24) is 5.32 Å². The number of nitro groups is 1. The molecule has 0 aliphatic carbocycles. The fourth-order valence-corrected chi connectivity index (χ4v) is 2.20. The Morgan fingerprint density at radius 3 is 2.62 bits per heavy atom. The van der Waals surface area contributed by atoms with Crippen molar-refractivity contribution in [3.05, 3.63) is 57.8 Å². The summed E-state index contributed by atoms with van der Waals surface area (Å²) in [4.78, 5) is 10.2.